The first-order valence-corrected chi connectivity index (χ1v) is 9.93. The minimum atomic E-state index is -4.83. The number of carbonyl (C=O) groups excluding carboxylic acids is 2. The van der Waals surface area contributed by atoms with Gasteiger partial charge in [0.1, 0.15) is 11.5 Å². The van der Waals surface area contributed by atoms with E-state index in [1.807, 2.05) is 6.92 Å². The highest BCUT2D eigenvalue weighted by atomic mass is 19.4. The van der Waals surface area contributed by atoms with Gasteiger partial charge in [0, 0.05) is 16.6 Å². The predicted octanol–water partition coefficient (Wildman–Crippen LogP) is 5.13. The smallest absolute Gasteiger partial charge is 0.508 e. The Hall–Kier alpha value is -3.49. The molecule has 32 heavy (non-hydrogen) atoms. The number of aromatic hydroxyl groups is 1. The minimum absolute atomic E-state index is 0.0349. The summed E-state index contributed by atoms with van der Waals surface area (Å²) in [5, 5.41) is 10.4. The lowest BCUT2D eigenvalue weighted by atomic mass is 10.1. The van der Waals surface area contributed by atoms with Crippen molar-refractivity contribution in [2.24, 2.45) is 0 Å². The fourth-order valence-electron chi connectivity index (χ4n) is 3.38. The van der Waals surface area contributed by atoms with Crippen LogP contribution < -0.4 is 4.74 Å². The van der Waals surface area contributed by atoms with Crippen LogP contribution in [0.3, 0.4) is 0 Å². The number of benzene rings is 2. The monoisotopic (exact) mass is 449 g/mol. The minimum Gasteiger partial charge on any atom is -0.508 e. The predicted molar refractivity (Wildman–Crippen MR) is 111 cm³/mol. The number of phenolic OH excluding ortho intramolecular Hbond substituents is 1. The molecule has 6 nitrogen and oxygen atoms in total. The molecule has 3 rings (SSSR count). The topological polar surface area (TPSA) is 77.8 Å². The zero-order chi connectivity index (χ0) is 23.6. The molecular formula is C23H22F3NO5. The number of rotatable bonds is 6. The molecular weight excluding hydrogens is 427 g/mol. The summed E-state index contributed by atoms with van der Waals surface area (Å²) in [6, 6.07) is 8.97. The summed E-state index contributed by atoms with van der Waals surface area (Å²) in [5.74, 6) is -1.45. The van der Waals surface area contributed by atoms with Crippen molar-refractivity contribution in [3.8, 4) is 11.5 Å². The second-order valence-corrected chi connectivity index (χ2v) is 7.36. The van der Waals surface area contributed by atoms with E-state index in [2.05, 4.69) is 4.74 Å². The number of halogens is 3. The summed E-state index contributed by atoms with van der Waals surface area (Å²) in [4.78, 5) is 25.6. The van der Waals surface area contributed by atoms with Crippen LogP contribution in [0.1, 0.15) is 41.9 Å². The van der Waals surface area contributed by atoms with Gasteiger partial charge >= 0.3 is 12.3 Å². The van der Waals surface area contributed by atoms with Crippen molar-refractivity contribution in [1.29, 1.82) is 0 Å². The van der Waals surface area contributed by atoms with Crippen molar-refractivity contribution in [2.75, 3.05) is 0 Å². The van der Waals surface area contributed by atoms with Crippen LogP contribution in [0.15, 0.2) is 42.5 Å². The Bertz CT molecular complexity index is 1150. The molecule has 0 saturated heterocycles. The maximum Gasteiger partial charge on any atom is 0.573 e. The highest BCUT2D eigenvalue weighted by Crippen LogP contribution is 2.31. The Balaban J connectivity index is 2.00. The first kappa shape index (κ1) is 23.2. The molecule has 3 aromatic rings. The average Bonchev–Trinajstić information content (AvgIpc) is 2.97. The Labute approximate surface area is 182 Å². The van der Waals surface area contributed by atoms with E-state index in [0.717, 1.165) is 12.1 Å². The molecule has 9 heteroatoms. The van der Waals surface area contributed by atoms with E-state index in [0.29, 0.717) is 28.6 Å². The zero-order valence-electron chi connectivity index (χ0n) is 17.7. The summed E-state index contributed by atoms with van der Waals surface area (Å²) in [6.45, 7) is 5.31. The maximum atomic E-state index is 13.2. The van der Waals surface area contributed by atoms with Crippen LogP contribution in [-0.4, -0.2) is 34.0 Å². The van der Waals surface area contributed by atoms with Crippen LogP contribution in [0.2, 0.25) is 0 Å². The van der Waals surface area contributed by atoms with Crippen molar-refractivity contribution in [3.05, 3.63) is 59.3 Å². The molecule has 0 aliphatic carbocycles. The van der Waals surface area contributed by atoms with Crippen molar-refractivity contribution in [2.45, 2.75) is 46.1 Å². The molecule has 0 aliphatic heterocycles. The molecule has 1 aromatic heterocycles. The van der Waals surface area contributed by atoms with Gasteiger partial charge in [-0.2, -0.15) is 0 Å². The number of phenols is 1. The SMILES string of the molecule is CC[C@H](C)OC(=O)Cc1c(C)n(C(=O)c2ccc(OC(F)(F)F)cc2)c2ccc(O)cc12. The molecule has 1 atom stereocenters. The maximum absolute atomic E-state index is 13.2. The molecule has 1 heterocycles. The van der Waals surface area contributed by atoms with Gasteiger partial charge in [-0.15, -0.1) is 13.2 Å². The zero-order valence-corrected chi connectivity index (χ0v) is 17.7. The molecule has 170 valence electrons. The second kappa shape index (κ2) is 8.94. The summed E-state index contributed by atoms with van der Waals surface area (Å²) < 4.78 is 47.7. The lowest BCUT2D eigenvalue weighted by Crippen LogP contribution is -2.18. The molecule has 0 amide bonds. The third-order valence-electron chi connectivity index (χ3n) is 5.08. The van der Waals surface area contributed by atoms with E-state index >= 15 is 0 Å². The van der Waals surface area contributed by atoms with Gasteiger partial charge in [-0.3, -0.25) is 14.2 Å². The van der Waals surface area contributed by atoms with Gasteiger partial charge in [0.2, 0.25) is 0 Å². The number of nitrogens with zero attached hydrogens (tertiary/aromatic N) is 1. The van der Waals surface area contributed by atoms with Crippen molar-refractivity contribution in [3.63, 3.8) is 0 Å². The van der Waals surface area contributed by atoms with Crippen molar-refractivity contribution < 1.29 is 37.3 Å². The largest absolute Gasteiger partial charge is 0.573 e. The molecule has 0 aliphatic rings. The van der Waals surface area contributed by atoms with Gasteiger partial charge in [0.15, 0.2) is 0 Å². The number of alkyl halides is 3. The lowest BCUT2D eigenvalue weighted by molar-refractivity contribution is -0.274. The van der Waals surface area contributed by atoms with E-state index in [9.17, 15) is 27.9 Å². The van der Waals surface area contributed by atoms with Crippen LogP contribution >= 0.6 is 0 Å². The molecule has 2 aromatic carbocycles. The van der Waals surface area contributed by atoms with Crippen molar-refractivity contribution in [1.82, 2.24) is 4.57 Å². The Kier molecular flexibility index (Phi) is 6.47. The molecule has 0 radical (unpaired) electrons. The summed E-state index contributed by atoms with van der Waals surface area (Å²) in [7, 11) is 0. The lowest BCUT2D eigenvalue weighted by Gasteiger charge is -2.11. The summed E-state index contributed by atoms with van der Waals surface area (Å²) in [5.41, 5.74) is 1.57. The van der Waals surface area contributed by atoms with Gasteiger partial charge in [0.05, 0.1) is 18.0 Å². The fourth-order valence-corrected chi connectivity index (χ4v) is 3.38. The van der Waals surface area contributed by atoms with Crippen LogP contribution in [0.5, 0.6) is 11.5 Å². The Morgan fingerprint density at radius 2 is 1.78 bits per heavy atom. The first-order valence-electron chi connectivity index (χ1n) is 9.93. The van der Waals surface area contributed by atoms with Crippen LogP contribution in [-0.2, 0) is 16.0 Å². The van der Waals surface area contributed by atoms with Gasteiger partial charge < -0.3 is 14.6 Å². The Morgan fingerprint density at radius 1 is 1.12 bits per heavy atom. The average molecular weight is 449 g/mol. The molecule has 1 N–H and O–H groups in total. The van der Waals surface area contributed by atoms with E-state index in [1.54, 1.807) is 19.9 Å². The second-order valence-electron chi connectivity index (χ2n) is 7.36. The van der Waals surface area contributed by atoms with Crippen LogP contribution in [0, 0.1) is 6.92 Å². The third kappa shape index (κ3) is 5.04. The third-order valence-corrected chi connectivity index (χ3v) is 5.08. The molecule has 0 bridgehead atoms. The van der Waals surface area contributed by atoms with Gasteiger partial charge in [-0.05, 0) is 68.3 Å². The van der Waals surface area contributed by atoms with Gasteiger partial charge in [-0.25, -0.2) is 0 Å². The normalized spacial score (nSPS) is 12.6. The number of hydrogen-bond donors (Lipinski definition) is 1. The number of carbonyl (C=O) groups is 2. The number of hydrogen-bond acceptors (Lipinski definition) is 5. The highest BCUT2D eigenvalue weighted by Gasteiger charge is 2.31. The highest BCUT2D eigenvalue weighted by molar-refractivity contribution is 6.05. The fraction of sp³-hybridized carbons (Fsp3) is 0.304. The number of esters is 1. The Morgan fingerprint density at radius 3 is 2.38 bits per heavy atom. The molecule has 0 fully saturated rings. The van der Waals surface area contributed by atoms with E-state index in [1.165, 1.54) is 28.8 Å². The molecule has 0 unspecified atom stereocenters. The number of aromatic nitrogens is 1. The van der Waals surface area contributed by atoms with Crippen LogP contribution in [0.4, 0.5) is 13.2 Å². The van der Waals surface area contributed by atoms with E-state index in [-0.39, 0.29) is 23.8 Å². The van der Waals surface area contributed by atoms with E-state index in [4.69, 9.17) is 4.74 Å². The van der Waals surface area contributed by atoms with E-state index < -0.39 is 24.0 Å². The standard InChI is InChI=1S/C23H22F3NO5/c1-4-13(2)31-21(29)12-18-14(3)27(20-10-7-16(28)11-19(18)20)22(30)15-5-8-17(9-6-15)32-23(24,25)26/h5-11,13,28H,4,12H2,1-3H3/t13-/m0/s1. The number of fused-ring (bicyclic) bond motifs is 1. The first-order chi connectivity index (χ1) is 15.0. The quantitative estimate of drug-likeness (QED) is 0.528. The van der Waals surface area contributed by atoms with Crippen LogP contribution in [0.25, 0.3) is 10.9 Å². The van der Waals surface area contributed by atoms with Gasteiger partial charge in [-0.1, -0.05) is 6.92 Å². The molecule has 0 spiro atoms. The number of ether oxygens (including phenoxy) is 2. The molecule has 0 saturated carbocycles. The van der Waals surface area contributed by atoms with Gasteiger partial charge in [0.25, 0.3) is 5.91 Å². The summed E-state index contributed by atoms with van der Waals surface area (Å²) in [6.07, 6.45) is -4.54. The summed E-state index contributed by atoms with van der Waals surface area (Å²) >= 11 is 0. The van der Waals surface area contributed by atoms with Crippen molar-refractivity contribution >= 4 is 22.8 Å².